The third kappa shape index (κ3) is 9.15. The molecule has 7 fully saturated rings. The molecule has 0 aromatic heterocycles. The highest BCUT2D eigenvalue weighted by atomic mass is 16.8. The number of fused-ring (bicyclic) bond motifs is 3. The SMILES string of the molecule is C=C1CC[C@@H]2[C@]([C@@H](C)O[C@@H]3OC(CO)[C@@H](O)C(O[C@@H]4OC(CO)[C@@H](O)C(O)C4O)C3O[C@@H]3OC(C)[C@H](O)C(O)C3O)(CCC3[C@](C)(C(=O)O[C@@H]4OC(CO)[C@@H](O)C(O)C4O)CCC[C@]32C)C1. The van der Waals surface area contributed by atoms with Crippen molar-refractivity contribution in [2.75, 3.05) is 19.8 Å². The number of hydrogen-bond donors (Lipinski definition) is 13. The lowest BCUT2D eigenvalue weighted by Gasteiger charge is -2.66. The van der Waals surface area contributed by atoms with Crippen LogP contribution in [0.4, 0.5) is 0 Å². The first-order valence-corrected chi connectivity index (χ1v) is 23.2. The quantitative estimate of drug-likeness (QED) is 0.0658. The smallest absolute Gasteiger partial charge is 0.314 e. The molecule has 66 heavy (non-hydrogen) atoms. The molecule has 7 aliphatic rings. The second kappa shape index (κ2) is 20.3. The molecule has 0 aromatic rings. The predicted octanol–water partition coefficient (Wildman–Crippen LogP) is -3.84. The second-order valence-electron chi connectivity index (χ2n) is 20.3. The van der Waals surface area contributed by atoms with Crippen molar-refractivity contribution < 1.29 is 109 Å². The van der Waals surface area contributed by atoms with Gasteiger partial charge in [-0.15, -0.1) is 0 Å². The number of carbonyl (C=O) groups is 1. The van der Waals surface area contributed by atoms with Gasteiger partial charge in [0.05, 0.1) is 37.4 Å². The van der Waals surface area contributed by atoms with Crippen LogP contribution < -0.4 is 0 Å². The Labute approximate surface area is 382 Å². The number of aliphatic hydroxyl groups excluding tert-OH is 13. The molecule has 22 heteroatoms. The van der Waals surface area contributed by atoms with E-state index in [0.717, 1.165) is 12.0 Å². The molecule has 3 saturated carbocycles. The Kier molecular flexibility index (Phi) is 16.0. The van der Waals surface area contributed by atoms with Crippen molar-refractivity contribution in [3.05, 3.63) is 12.2 Å². The van der Waals surface area contributed by atoms with Gasteiger partial charge in [-0.3, -0.25) is 4.79 Å². The molecule has 0 aromatic carbocycles. The molecule has 4 saturated heterocycles. The molecule has 13 N–H and O–H groups in total. The number of hydrogen-bond acceptors (Lipinski definition) is 22. The van der Waals surface area contributed by atoms with Crippen molar-refractivity contribution in [3.8, 4) is 0 Å². The number of carbonyl (C=O) groups excluding carboxylic acids is 1. The summed E-state index contributed by atoms with van der Waals surface area (Å²) in [4.78, 5) is 14.4. The number of ether oxygens (including phenoxy) is 8. The van der Waals surface area contributed by atoms with E-state index >= 15 is 0 Å². The summed E-state index contributed by atoms with van der Waals surface area (Å²) < 4.78 is 48.3. The van der Waals surface area contributed by atoms with E-state index in [1.807, 2.05) is 13.8 Å². The van der Waals surface area contributed by atoms with E-state index in [-0.39, 0.29) is 11.8 Å². The maximum atomic E-state index is 14.4. The maximum Gasteiger partial charge on any atom is 0.314 e. The Morgan fingerprint density at radius 2 is 1.15 bits per heavy atom. The van der Waals surface area contributed by atoms with Crippen LogP contribution in [0.25, 0.3) is 0 Å². The van der Waals surface area contributed by atoms with E-state index in [9.17, 15) is 71.2 Å². The number of esters is 1. The highest BCUT2D eigenvalue weighted by molar-refractivity contribution is 5.77. The summed E-state index contributed by atoms with van der Waals surface area (Å²) in [6, 6.07) is 0. The predicted molar refractivity (Wildman–Crippen MR) is 220 cm³/mol. The second-order valence-corrected chi connectivity index (χ2v) is 20.3. The molecule has 4 aliphatic heterocycles. The summed E-state index contributed by atoms with van der Waals surface area (Å²) in [5.74, 6) is -1.06. The van der Waals surface area contributed by atoms with E-state index in [0.29, 0.717) is 44.9 Å². The van der Waals surface area contributed by atoms with Crippen molar-refractivity contribution in [1.82, 2.24) is 0 Å². The van der Waals surface area contributed by atoms with Crippen LogP contribution in [-0.4, -0.2) is 221 Å². The van der Waals surface area contributed by atoms with Gasteiger partial charge < -0.3 is 104 Å². The topological polar surface area (TPSA) is 354 Å². The minimum atomic E-state index is -1.93. The number of allylic oxidation sites excluding steroid dienone is 1. The number of aliphatic hydroxyl groups is 13. The van der Waals surface area contributed by atoms with Gasteiger partial charge in [-0.2, -0.15) is 0 Å². The van der Waals surface area contributed by atoms with Crippen molar-refractivity contribution in [1.29, 1.82) is 0 Å². The Bertz CT molecular complexity index is 1670. The summed E-state index contributed by atoms with van der Waals surface area (Å²) in [6.45, 7) is 9.33. The fourth-order valence-electron chi connectivity index (χ4n) is 12.6. The summed E-state index contributed by atoms with van der Waals surface area (Å²) in [5.41, 5.74) is -1.37. The Balaban J connectivity index is 1.19. The molecule has 13 unspecified atom stereocenters. The van der Waals surface area contributed by atoms with Gasteiger partial charge in [-0.25, -0.2) is 0 Å². The van der Waals surface area contributed by atoms with Crippen molar-refractivity contribution in [2.24, 2.45) is 28.1 Å². The monoisotopic (exact) mass is 952 g/mol. The van der Waals surface area contributed by atoms with Crippen LogP contribution in [0.2, 0.25) is 0 Å². The normalized spacial score (nSPS) is 52.8. The first-order valence-electron chi connectivity index (χ1n) is 23.2. The lowest BCUT2D eigenvalue weighted by Crippen LogP contribution is -2.68. The van der Waals surface area contributed by atoms with Gasteiger partial charge in [-0.1, -0.05) is 25.5 Å². The third-order valence-corrected chi connectivity index (χ3v) is 16.5. The maximum absolute atomic E-state index is 14.4. The van der Waals surface area contributed by atoms with Gasteiger partial charge >= 0.3 is 5.97 Å². The van der Waals surface area contributed by atoms with Crippen LogP contribution in [-0.2, 0) is 42.7 Å². The molecule has 380 valence electrons. The minimum absolute atomic E-state index is 0.131. The average molecular weight is 953 g/mol. The molecule has 26 atom stereocenters. The zero-order valence-electron chi connectivity index (χ0n) is 37.8. The van der Waals surface area contributed by atoms with Crippen molar-refractivity contribution in [3.63, 3.8) is 0 Å². The zero-order chi connectivity index (χ0) is 48.4. The molecule has 7 rings (SSSR count). The molecule has 0 bridgehead atoms. The lowest BCUT2D eigenvalue weighted by molar-refractivity contribution is -0.397. The largest absolute Gasteiger partial charge is 0.432 e. The molecule has 3 aliphatic carbocycles. The van der Waals surface area contributed by atoms with Crippen LogP contribution in [0.3, 0.4) is 0 Å². The Morgan fingerprint density at radius 3 is 1.76 bits per heavy atom. The van der Waals surface area contributed by atoms with Crippen LogP contribution in [0, 0.1) is 28.1 Å². The van der Waals surface area contributed by atoms with Crippen molar-refractivity contribution in [2.45, 2.75) is 208 Å². The fourth-order valence-corrected chi connectivity index (χ4v) is 12.6. The summed E-state index contributed by atoms with van der Waals surface area (Å²) in [7, 11) is 0. The van der Waals surface area contributed by atoms with Crippen LogP contribution in [0.15, 0.2) is 12.2 Å². The highest BCUT2D eigenvalue weighted by Crippen LogP contribution is 2.69. The van der Waals surface area contributed by atoms with Crippen LogP contribution >= 0.6 is 0 Å². The summed E-state index contributed by atoms with van der Waals surface area (Å²) >= 11 is 0. The molecule has 0 radical (unpaired) electrons. The van der Waals surface area contributed by atoms with Gasteiger partial charge in [0.25, 0.3) is 0 Å². The van der Waals surface area contributed by atoms with Gasteiger partial charge in [0.1, 0.15) is 91.6 Å². The van der Waals surface area contributed by atoms with E-state index in [2.05, 4.69) is 13.5 Å². The minimum Gasteiger partial charge on any atom is -0.432 e. The molecule has 22 nitrogen and oxygen atoms in total. The lowest BCUT2D eigenvalue weighted by atomic mass is 9.39. The van der Waals surface area contributed by atoms with Crippen LogP contribution in [0.1, 0.15) is 79.1 Å². The Morgan fingerprint density at radius 1 is 0.636 bits per heavy atom. The zero-order valence-corrected chi connectivity index (χ0v) is 37.8. The van der Waals surface area contributed by atoms with Crippen LogP contribution in [0.5, 0.6) is 0 Å². The summed E-state index contributed by atoms with van der Waals surface area (Å²) in [6.07, 6.45) is -29.1. The van der Waals surface area contributed by atoms with E-state index in [4.69, 9.17) is 37.9 Å². The first kappa shape index (κ1) is 52.2. The molecular formula is C44H72O22. The average Bonchev–Trinajstić information content (AvgIpc) is 3.28. The first-order chi connectivity index (χ1) is 31.1. The Hall–Kier alpha value is -1.59. The molecule has 4 heterocycles. The van der Waals surface area contributed by atoms with Gasteiger partial charge in [-0.05, 0) is 83.0 Å². The number of rotatable bonds is 12. The molecular weight excluding hydrogens is 880 g/mol. The van der Waals surface area contributed by atoms with Gasteiger partial charge in [0.15, 0.2) is 18.9 Å². The van der Waals surface area contributed by atoms with Gasteiger partial charge in [0, 0.05) is 5.41 Å². The van der Waals surface area contributed by atoms with E-state index in [1.165, 1.54) is 6.92 Å². The van der Waals surface area contributed by atoms with E-state index in [1.54, 1.807) is 0 Å². The van der Waals surface area contributed by atoms with E-state index < -0.39 is 171 Å². The molecule has 0 spiro atoms. The van der Waals surface area contributed by atoms with Crippen molar-refractivity contribution >= 4 is 5.97 Å². The summed E-state index contributed by atoms with van der Waals surface area (Å²) in [5, 5.41) is 138. The van der Waals surface area contributed by atoms with Gasteiger partial charge in [0.2, 0.25) is 6.29 Å². The third-order valence-electron chi connectivity index (χ3n) is 16.5. The molecule has 0 amide bonds. The highest BCUT2D eigenvalue weighted by Gasteiger charge is 2.66. The fraction of sp³-hybridized carbons (Fsp3) is 0.932. The standard InChI is InChI=1S/C44H72O22/c1-17-7-8-24-42(4)10-6-11-43(5,41(58)66-39-34(57)31(54)27(50)21(15-46)62-39)23(42)9-12-44(24,13-17)19(3)60-40-36(65-37-32(55)29(52)25(48)18(2)59-37)35(28(51)22(16-47)63-40)64-38-33(56)30(53)26(49)20(14-45)61-38/h18-40,45-57H,1,6-16H2,2-5H3/t18?,19-,20?,21?,22?,23?,24+,25+,26-,27-,28-,29?,30?,31?,32?,33?,34?,35?,36?,37+,38+,39+,40-,42-,43-,44-/m1/s1.